The van der Waals surface area contributed by atoms with E-state index in [-0.39, 0.29) is 54.2 Å². The van der Waals surface area contributed by atoms with Crippen molar-refractivity contribution < 1.29 is 27.8 Å². The largest absolute Gasteiger partial charge is 0.497 e. The second-order valence-corrected chi connectivity index (χ2v) is 11.8. The lowest BCUT2D eigenvalue weighted by molar-refractivity contribution is -0.120. The molecule has 1 N–H and O–H groups in total. The number of rotatable bonds is 8. The summed E-state index contributed by atoms with van der Waals surface area (Å²) in [4.78, 5) is 37.1. The number of nitrogens with zero attached hydrogens (tertiary/aromatic N) is 3. The molecule has 1 atom stereocenters. The number of benzene rings is 3. The Morgan fingerprint density at radius 1 is 0.955 bits per heavy atom. The van der Waals surface area contributed by atoms with E-state index >= 15 is 0 Å². The SMILES string of the molecule is COc1ccc(CN2Cc3nc(-c4c(F)cccc4F)nc(Cc4ccc([C@@H]5CC(C)(C)NC5=O)cc4)c3C2=O)c(OC)c1. The summed E-state index contributed by atoms with van der Waals surface area (Å²) < 4.78 is 40.5. The maximum Gasteiger partial charge on any atom is 0.258 e. The van der Waals surface area contributed by atoms with Crippen molar-refractivity contribution in [2.45, 2.75) is 51.2 Å². The summed E-state index contributed by atoms with van der Waals surface area (Å²) in [5.74, 6) is -1.05. The van der Waals surface area contributed by atoms with Gasteiger partial charge in [0.25, 0.3) is 5.91 Å². The van der Waals surface area contributed by atoms with Crippen LogP contribution in [0, 0.1) is 11.6 Å². The third kappa shape index (κ3) is 5.47. The minimum Gasteiger partial charge on any atom is -0.497 e. The maximum absolute atomic E-state index is 14.9. The zero-order valence-electron chi connectivity index (χ0n) is 24.9. The number of halogens is 2. The fourth-order valence-electron chi connectivity index (χ4n) is 6.00. The van der Waals surface area contributed by atoms with Crippen molar-refractivity contribution in [1.29, 1.82) is 0 Å². The van der Waals surface area contributed by atoms with Crippen molar-refractivity contribution in [2.24, 2.45) is 0 Å². The van der Waals surface area contributed by atoms with Crippen molar-refractivity contribution >= 4 is 11.8 Å². The van der Waals surface area contributed by atoms with E-state index in [9.17, 15) is 18.4 Å². The minimum absolute atomic E-state index is 0.00731. The van der Waals surface area contributed by atoms with Gasteiger partial charge in [-0.05, 0) is 55.7 Å². The number of methoxy groups -OCH3 is 2. The Morgan fingerprint density at radius 3 is 2.32 bits per heavy atom. The van der Waals surface area contributed by atoms with Gasteiger partial charge in [0.2, 0.25) is 5.91 Å². The van der Waals surface area contributed by atoms with Crippen LogP contribution in [-0.4, -0.2) is 46.4 Å². The first-order valence-corrected chi connectivity index (χ1v) is 14.3. The van der Waals surface area contributed by atoms with Gasteiger partial charge < -0.3 is 19.7 Å². The average molecular weight is 599 g/mol. The molecule has 0 radical (unpaired) electrons. The fraction of sp³-hybridized carbons (Fsp3) is 0.294. The molecule has 10 heteroatoms. The molecule has 0 aliphatic carbocycles. The van der Waals surface area contributed by atoms with Gasteiger partial charge in [-0.3, -0.25) is 9.59 Å². The van der Waals surface area contributed by atoms with Crippen LogP contribution in [0.3, 0.4) is 0 Å². The van der Waals surface area contributed by atoms with Crippen LogP contribution in [0.4, 0.5) is 8.78 Å². The summed E-state index contributed by atoms with van der Waals surface area (Å²) in [6.45, 7) is 4.35. The molecular formula is C34H32F2N4O4. The van der Waals surface area contributed by atoms with Crippen molar-refractivity contribution in [1.82, 2.24) is 20.2 Å². The highest BCUT2D eigenvalue weighted by Crippen LogP contribution is 2.35. The molecule has 3 heterocycles. The summed E-state index contributed by atoms with van der Waals surface area (Å²) in [5.41, 5.74) is 2.95. The highest BCUT2D eigenvalue weighted by Gasteiger charge is 2.38. The van der Waals surface area contributed by atoms with E-state index in [1.807, 2.05) is 44.2 Å². The predicted octanol–water partition coefficient (Wildman–Crippen LogP) is 5.57. The van der Waals surface area contributed by atoms with Gasteiger partial charge in [0, 0.05) is 23.6 Å². The Morgan fingerprint density at radius 2 is 1.68 bits per heavy atom. The van der Waals surface area contributed by atoms with Gasteiger partial charge in [-0.1, -0.05) is 30.3 Å². The smallest absolute Gasteiger partial charge is 0.258 e. The van der Waals surface area contributed by atoms with E-state index in [0.29, 0.717) is 34.9 Å². The van der Waals surface area contributed by atoms with Crippen LogP contribution in [0.15, 0.2) is 60.7 Å². The molecule has 2 aliphatic heterocycles. The Kier molecular flexibility index (Phi) is 7.53. The van der Waals surface area contributed by atoms with E-state index in [1.165, 1.54) is 6.07 Å². The van der Waals surface area contributed by atoms with Crippen molar-refractivity contribution in [3.8, 4) is 22.9 Å². The van der Waals surface area contributed by atoms with Crippen molar-refractivity contribution in [3.63, 3.8) is 0 Å². The lowest BCUT2D eigenvalue weighted by Gasteiger charge is -2.18. The third-order valence-electron chi connectivity index (χ3n) is 8.19. The summed E-state index contributed by atoms with van der Waals surface area (Å²) in [6.07, 6.45) is 0.910. The van der Waals surface area contributed by atoms with Crippen molar-refractivity contribution in [3.05, 3.63) is 106 Å². The maximum atomic E-state index is 14.9. The number of hydrogen-bond acceptors (Lipinski definition) is 6. The fourth-order valence-corrected chi connectivity index (χ4v) is 6.00. The van der Waals surface area contributed by atoms with E-state index < -0.39 is 11.6 Å². The molecule has 0 saturated carbocycles. The topological polar surface area (TPSA) is 93.6 Å². The molecule has 2 aliphatic rings. The summed E-state index contributed by atoms with van der Waals surface area (Å²) in [5, 5.41) is 3.02. The molecular weight excluding hydrogens is 566 g/mol. The molecule has 2 amide bonds. The van der Waals surface area contributed by atoms with Crippen LogP contribution < -0.4 is 14.8 Å². The van der Waals surface area contributed by atoms with Crippen molar-refractivity contribution in [2.75, 3.05) is 14.2 Å². The molecule has 0 spiro atoms. The standard InChI is InChI=1S/C34H32F2N4O4/c1-34(2)16-23(32(41)39-34)20-10-8-19(9-11-20)14-26-30-27(38-31(37-26)29-24(35)6-5-7-25(29)36)18-40(33(30)42)17-21-12-13-22(43-3)15-28(21)44-4/h5-13,15,23H,14,16-18H2,1-4H3,(H,39,41)/t23-/m0/s1. The molecule has 1 saturated heterocycles. The normalized spacial score (nSPS) is 17.0. The lowest BCUT2D eigenvalue weighted by Crippen LogP contribution is -2.34. The van der Waals surface area contributed by atoms with Gasteiger partial charge in [0.15, 0.2) is 5.82 Å². The highest BCUT2D eigenvalue weighted by atomic mass is 19.1. The minimum atomic E-state index is -0.790. The monoisotopic (exact) mass is 598 g/mol. The number of carbonyl (C=O) groups is 2. The number of amides is 2. The highest BCUT2D eigenvalue weighted by molar-refractivity contribution is 5.99. The summed E-state index contributed by atoms with van der Waals surface area (Å²) in [6, 6.07) is 16.5. The van der Waals surface area contributed by atoms with Crippen LogP contribution in [0.1, 0.15) is 64.6 Å². The number of ether oxygens (including phenoxy) is 2. The second-order valence-electron chi connectivity index (χ2n) is 11.8. The zero-order valence-corrected chi connectivity index (χ0v) is 24.9. The summed E-state index contributed by atoms with van der Waals surface area (Å²) >= 11 is 0. The zero-order chi connectivity index (χ0) is 31.2. The van der Waals surface area contributed by atoms with Gasteiger partial charge in [0.1, 0.15) is 23.1 Å². The Balaban J connectivity index is 1.35. The van der Waals surface area contributed by atoms with Crippen LogP contribution in [-0.2, 0) is 24.3 Å². The number of aromatic nitrogens is 2. The Labute approximate surface area is 254 Å². The molecule has 8 nitrogen and oxygen atoms in total. The van der Waals surface area contributed by atoms with Gasteiger partial charge in [-0.15, -0.1) is 0 Å². The first-order valence-electron chi connectivity index (χ1n) is 14.3. The van der Waals surface area contributed by atoms with E-state index in [1.54, 1.807) is 31.3 Å². The average Bonchev–Trinajstić information content (AvgIpc) is 3.46. The number of carbonyl (C=O) groups excluding carboxylic acids is 2. The van der Waals surface area contributed by atoms with Crippen LogP contribution in [0.5, 0.6) is 11.5 Å². The molecule has 0 unspecified atom stereocenters. The van der Waals surface area contributed by atoms with Gasteiger partial charge in [-0.25, -0.2) is 18.7 Å². The van der Waals surface area contributed by atoms with E-state index in [0.717, 1.165) is 28.8 Å². The quantitative estimate of drug-likeness (QED) is 0.285. The Bertz CT molecular complexity index is 1750. The number of fused-ring (bicyclic) bond motifs is 1. The molecule has 3 aromatic carbocycles. The van der Waals surface area contributed by atoms with Gasteiger partial charge in [0.05, 0.1) is 55.7 Å². The Hall–Kier alpha value is -4.86. The number of nitrogens with one attached hydrogen (secondary N) is 1. The molecule has 1 fully saturated rings. The molecule has 4 aromatic rings. The molecule has 1 aromatic heterocycles. The van der Waals surface area contributed by atoms with Crippen LogP contribution in [0.25, 0.3) is 11.4 Å². The van der Waals surface area contributed by atoms with Crippen LogP contribution in [0.2, 0.25) is 0 Å². The third-order valence-corrected chi connectivity index (χ3v) is 8.19. The summed E-state index contributed by atoms with van der Waals surface area (Å²) in [7, 11) is 3.11. The van der Waals surface area contributed by atoms with E-state index in [4.69, 9.17) is 9.47 Å². The first-order chi connectivity index (χ1) is 21.1. The molecule has 0 bridgehead atoms. The van der Waals surface area contributed by atoms with Gasteiger partial charge in [-0.2, -0.15) is 0 Å². The van der Waals surface area contributed by atoms with E-state index in [2.05, 4.69) is 15.3 Å². The first kappa shape index (κ1) is 29.2. The van der Waals surface area contributed by atoms with Gasteiger partial charge >= 0.3 is 0 Å². The van der Waals surface area contributed by atoms with Crippen LogP contribution >= 0.6 is 0 Å². The molecule has 226 valence electrons. The lowest BCUT2D eigenvalue weighted by atomic mass is 9.90. The molecule has 44 heavy (non-hydrogen) atoms. The molecule has 6 rings (SSSR count). The predicted molar refractivity (Wildman–Crippen MR) is 159 cm³/mol. The second kappa shape index (κ2) is 11.3. The number of hydrogen-bond donors (Lipinski definition) is 1.